The zero-order valence-corrected chi connectivity index (χ0v) is 16.4. The lowest BCUT2D eigenvalue weighted by atomic mass is 10.1. The standard InChI is InChI=1S/C21H24N4O3/c1-13-9-14(2)11-19(10-13)23-20(27)12-15(3)24-25-21(28)17-5-7-18(8-6-17)22-16(4)26/h5-11H,12H2,1-4H3,(H,22,26)(H,23,27)(H,25,28). The molecule has 0 aliphatic carbocycles. The lowest BCUT2D eigenvalue weighted by Gasteiger charge is -2.08. The van der Waals surface area contributed by atoms with Gasteiger partial charge in [-0.2, -0.15) is 5.10 Å². The molecular weight excluding hydrogens is 356 g/mol. The molecule has 0 saturated carbocycles. The Kier molecular flexibility index (Phi) is 7.03. The summed E-state index contributed by atoms with van der Waals surface area (Å²) >= 11 is 0. The number of nitrogens with one attached hydrogen (secondary N) is 3. The van der Waals surface area contributed by atoms with E-state index in [-0.39, 0.29) is 18.2 Å². The highest BCUT2D eigenvalue weighted by Crippen LogP contribution is 2.14. The molecule has 0 spiro atoms. The average Bonchev–Trinajstić information content (AvgIpc) is 2.58. The van der Waals surface area contributed by atoms with Gasteiger partial charge >= 0.3 is 0 Å². The van der Waals surface area contributed by atoms with E-state index in [9.17, 15) is 14.4 Å². The van der Waals surface area contributed by atoms with Gasteiger partial charge in [0, 0.05) is 29.6 Å². The van der Waals surface area contributed by atoms with Crippen LogP contribution in [0.25, 0.3) is 0 Å². The highest BCUT2D eigenvalue weighted by Gasteiger charge is 2.08. The maximum atomic E-state index is 12.1. The monoisotopic (exact) mass is 380 g/mol. The van der Waals surface area contributed by atoms with Gasteiger partial charge in [0.15, 0.2) is 0 Å². The Morgan fingerprint density at radius 1 is 0.857 bits per heavy atom. The summed E-state index contributed by atoms with van der Waals surface area (Å²) in [6, 6.07) is 12.2. The van der Waals surface area contributed by atoms with Crippen molar-refractivity contribution >= 4 is 34.8 Å². The Morgan fingerprint density at radius 3 is 2.04 bits per heavy atom. The van der Waals surface area contributed by atoms with E-state index >= 15 is 0 Å². The smallest absolute Gasteiger partial charge is 0.271 e. The number of carbonyl (C=O) groups is 3. The molecule has 146 valence electrons. The zero-order valence-electron chi connectivity index (χ0n) is 16.4. The van der Waals surface area contributed by atoms with Gasteiger partial charge in [-0.05, 0) is 68.3 Å². The number of benzene rings is 2. The van der Waals surface area contributed by atoms with E-state index in [1.165, 1.54) is 6.92 Å². The fourth-order valence-corrected chi connectivity index (χ4v) is 2.64. The van der Waals surface area contributed by atoms with Crippen LogP contribution in [0.1, 0.15) is 41.8 Å². The van der Waals surface area contributed by atoms with Crippen LogP contribution < -0.4 is 16.1 Å². The minimum Gasteiger partial charge on any atom is -0.326 e. The van der Waals surface area contributed by atoms with E-state index in [4.69, 9.17) is 0 Å². The van der Waals surface area contributed by atoms with Crippen LogP contribution >= 0.6 is 0 Å². The molecule has 7 nitrogen and oxygen atoms in total. The van der Waals surface area contributed by atoms with Crippen LogP contribution in [0.15, 0.2) is 47.6 Å². The van der Waals surface area contributed by atoms with E-state index in [0.717, 1.165) is 16.8 Å². The van der Waals surface area contributed by atoms with Crippen molar-refractivity contribution in [2.24, 2.45) is 5.10 Å². The first-order chi connectivity index (χ1) is 13.2. The molecule has 0 bridgehead atoms. The number of aryl methyl sites for hydroxylation is 2. The predicted molar refractivity (Wildman–Crippen MR) is 110 cm³/mol. The van der Waals surface area contributed by atoms with Crippen molar-refractivity contribution in [1.82, 2.24) is 5.43 Å². The largest absolute Gasteiger partial charge is 0.326 e. The van der Waals surface area contributed by atoms with Crippen molar-refractivity contribution in [3.05, 3.63) is 59.2 Å². The van der Waals surface area contributed by atoms with Gasteiger partial charge in [0.1, 0.15) is 0 Å². The number of anilines is 2. The molecule has 0 fully saturated rings. The minimum absolute atomic E-state index is 0.0642. The van der Waals surface area contributed by atoms with E-state index in [1.54, 1.807) is 31.2 Å². The Morgan fingerprint density at radius 2 is 1.46 bits per heavy atom. The van der Waals surface area contributed by atoms with Crippen molar-refractivity contribution in [2.45, 2.75) is 34.1 Å². The maximum Gasteiger partial charge on any atom is 0.271 e. The third-order valence-corrected chi connectivity index (χ3v) is 3.74. The zero-order chi connectivity index (χ0) is 20.7. The number of carbonyl (C=O) groups excluding carboxylic acids is 3. The molecule has 3 amide bonds. The predicted octanol–water partition coefficient (Wildman–Crippen LogP) is 3.40. The quantitative estimate of drug-likeness (QED) is 0.529. The number of hydrogen-bond donors (Lipinski definition) is 3. The van der Waals surface area contributed by atoms with E-state index in [2.05, 4.69) is 21.2 Å². The SMILES string of the molecule is CC(=O)Nc1ccc(C(=O)NN=C(C)CC(=O)Nc2cc(C)cc(C)c2)cc1. The molecule has 0 unspecified atom stereocenters. The fraction of sp³-hybridized carbons (Fsp3) is 0.238. The second-order valence-electron chi connectivity index (χ2n) is 6.65. The average molecular weight is 380 g/mol. The highest BCUT2D eigenvalue weighted by atomic mass is 16.2. The Labute approximate surface area is 164 Å². The Hall–Kier alpha value is -3.48. The van der Waals surface area contributed by atoms with E-state index in [1.807, 2.05) is 32.0 Å². The number of amides is 3. The van der Waals surface area contributed by atoms with Crippen LogP contribution in [0.4, 0.5) is 11.4 Å². The Balaban J connectivity index is 1.89. The fourth-order valence-electron chi connectivity index (χ4n) is 2.64. The molecule has 0 radical (unpaired) electrons. The second kappa shape index (κ2) is 9.45. The van der Waals surface area contributed by atoms with Gasteiger partial charge in [0.25, 0.3) is 5.91 Å². The molecule has 0 atom stereocenters. The molecule has 0 aromatic heterocycles. The summed E-state index contributed by atoms with van der Waals surface area (Å²) in [5.41, 5.74) is 6.77. The number of rotatable bonds is 6. The van der Waals surface area contributed by atoms with Crippen LogP contribution in [-0.2, 0) is 9.59 Å². The van der Waals surface area contributed by atoms with Crippen LogP contribution in [0, 0.1) is 13.8 Å². The number of hydrazone groups is 1. The first-order valence-electron chi connectivity index (χ1n) is 8.82. The van der Waals surface area contributed by atoms with Crippen molar-refractivity contribution in [3.8, 4) is 0 Å². The first-order valence-corrected chi connectivity index (χ1v) is 8.82. The summed E-state index contributed by atoms with van der Waals surface area (Å²) in [7, 11) is 0. The third-order valence-electron chi connectivity index (χ3n) is 3.74. The number of nitrogens with zero attached hydrogens (tertiary/aromatic N) is 1. The third kappa shape index (κ3) is 6.68. The molecule has 0 saturated heterocycles. The summed E-state index contributed by atoms with van der Waals surface area (Å²) in [5, 5.41) is 9.43. The molecule has 2 rings (SSSR count). The van der Waals surface area contributed by atoms with Crippen LogP contribution in [0.5, 0.6) is 0 Å². The molecule has 28 heavy (non-hydrogen) atoms. The van der Waals surface area contributed by atoms with Crippen molar-refractivity contribution in [2.75, 3.05) is 10.6 Å². The van der Waals surface area contributed by atoms with Crippen LogP contribution in [0.2, 0.25) is 0 Å². The van der Waals surface area contributed by atoms with Gasteiger partial charge in [-0.15, -0.1) is 0 Å². The molecule has 0 heterocycles. The first kappa shape index (κ1) is 20.8. The van der Waals surface area contributed by atoms with Crippen molar-refractivity contribution in [1.29, 1.82) is 0 Å². The maximum absolute atomic E-state index is 12.1. The minimum atomic E-state index is -0.400. The lowest BCUT2D eigenvalue weighted by molar-refractivity contribution is -0.115. The van der Waals surface area contributed by atoms with Crippen LogP contribution in [-0.4, -0.2) is 23.4 Å². The molecular formula is C21H24N4O3. The van der Waals surface area contributed by atoms with Gasteiger partial charge < -0.3 is 10.6 Å². The van der Waals surface area contributed by atoms with Gasteiger partial charge in [-0.25, -0.2) is 5.43 Å². The van der Waals surface area contributed by atoms with Gasteiger partial charge in [-0.1, -0.05) is 6.07 Å². The van der Waals surface area contributed by atoms with Gasteiger partial charge in [0.05, 0.1) is 6.42 Å². The van der Waals surface area contributed by atoms with Crippen molar-refractivity contribution < 1.29 is 14.4 Å². The van der Waals surface area contributed by atoms with Crippen molar-refractivity contribution in [3.63, 3.8) is 0 Å². The number of hydrogen-bond acceptors (Lipinski definition) is 4. The van der Waals surface area contributed by atoms with E-state index in [0.29, 0.717) is 17.0 Å². The summed E-state index contributed by atoms with van der Waals surface area (Å²) in [5.74, 6) is -0.792. The van der Waals surface area contributed by atoms with Gasteiger partial charge in [0.2, 0.25) is 11.8 Å². The topological polar surface area (TPSA) is 99.7 Å². The Bertz CT molecular complexity index is 897. The summed E-state index contributed by atoms with van der Waals surface area (Å²) < 4.78 is 0. The second-order valence-corrected chi connectivity index (χ2v) is 6.65. The summed E-state index contributed by atoms with van der Waals surface area (Å²) in [4.78, 5) is 35.3. The van der Waals surface area contributed by atoms with E-state index < -0.39 is 5.91 Å². The molecule has 3 N–H and O–H groups in total. The molecule has 0 aliphatic heterocycles. The molecule has 2 aromatic carbocycles. The highest BCUT2D eigenvalue weighted by molar-refractivity contribution is 6.06. The van der Waals surface area contributed by atoms with Crippen LogP contribution in [0.3, 0.4) is 0 Å². The van der Waals surface area contributed by atoms with Gasteiger partial charge in [-0.3, -0.25) is 14.4 Å². The molecule has 7 heteroatoms. The molecule has 0 aliphatic rings. The molecule has 2 aromatic rings. The lowest BCUT2D eigenvalue weighted by Crippen LogP contribution is -2.21. The summed E-state index contributed by atoms with van der Waals surface area (Å²) in [6.07, 6.45) is 0.0642. The summed E-state index contributed by atoms with van der Waals surface area (Å²) in [6.45, 7) is 7.01. The normalized spacial score (nSPS) is 10.9.